The highest BCUT2D eigenvalue weighted by Gasteiger charge is 2.39. The maximum atomic E-state index is 11.7. The van der Waals surface area contributed by atoms with E-state index >= 15 is 0 Å². The lowest BCUT2D eigenvalue weighted by atomic mass is 10.0. The summed E-state index contributed by atoms with van der Waals surface area (Å²) in [5.74, 6) is 0.184. The molecule has 1 spiro atoms. The van der Waals surface area contributed by atoms with Gasteiger partial charge in [0.2, 0.25) is 0 Å². The molecule has 0 radical (unpaired) electrons. The number of piperidine rings is 1. The van der Waals surface area contributed by atoms with Crippen molar-refractivity contribution >= 4 is 17.5 Å². The van der Waals surface area contributed by atoms with Crippen molar-refractivity contribution in [3.63, 3.8) is 0 Å². The van der Waals surface area contributed by atoms with Gasteiger partial charge in [-0.05, 0) is 26.0 Å². The van der Waals surface area contributed by atoms with Crippen molar-refractivity contribution in [2.24, 2.45) is 0 Å². The fourth-order valence-corrected chi connectivity index (χ4v) is 2.95. The molecule has 1 aromatic rings. The third kappa shape index (κ3) is 3.92. The van der Waals surface area contributed by atoms with Gasteiger partial charge in [0.1, 0.15) is 5.82 Å². The summed E-state index contributed by atoms with van der Waals surface area (Å²) in [4.78, 5) is 18.2. The van der Waals surface area contributed by atoms with Gasteiger partial charge in [-0.25, -0.2) is 9.78 Å². The molecule has 0 atom stereocenters. The van der Waals surface area contributed by atoms with Crippen LogP contribution in [0.15, 0.2) is 18.3 Å². The van der Waals surface area contributed by atoms with Gasteiger partial charge in [0, 0.05) is 32.0 Å². The molecule has 3 rings (SSSR count). The normalized spacial score (nSPS) is 20.0. The van der Waals surface area contributed by atoms with E-state index in [4.69, 9.17) is 9.47 Å². The van der Waals surface area contributed by atoms with Gasteiger partial charge in [-0.3, -0.25) is 5.32 Å². The molecule has 1 aromatic heterocycles. The van der Waals surface area contributed by atoms with Gasteiger partial charge in [0.15, 0.2) is 5.79 Å². The quantitative estimate of drug-likeness (QED) is 0.890. The van der Waals surface area contributed by atoms with Gasteiger partial charge >= 0.3 is 6.03 Å². The summed E-state index contributed by atoms with van der Waals surface area (Å²) in [6.45, 7) is 6.97. The van der Waals surface area contributed by atoms with Crippen molar-refractivity contribution in [1.82, 2.24) is 10.3 Å². The Bertz CT molecular complexity index is 531. The van der Waals surface area contributed by atoms with Crippen molar-refractivity contribution in [2.45, 2.75) is 38.5 Å². The van der Waals surface area contributed by atoms with E-state index in [0.29, 0.717) is 19.0 Å². The Balaban J connectivity index is 1.54. The van der Waals surface area contributed by atoms with E-state index in [2.05, 4.69) is 20.5 Å². The van der Waals surface area contributed by atoms with E-state index in [0.717, 1.165) is 31.6 Å². The van der Waals surface area contributed by atoms with Crippen molar-refractivity contribution in [2.75, 3.05) is 36.5 Å². The Labute approximate surface area is 136 Å². The molecule has 2 N–H and O–H groups in total. The van der Waals surface area contributed by atoms with E-state index in [-0.39, 0.29) is 17.9 Å². The van der Waals surface area contributed by atoms with Gasteiger partial charge < -0.3 is 19.7 Å². The minimum Gasteiger partial charge on any atom is -0.370 e. The van der Waals surface area contributed by atoms with Gasteiger partial charge in [0.05, 0.1) is 25.1 Å². The number of ether oxygens (including phenoxy) is 2. The average molecular weight is 320 g/mol. The number of carbonyl (C=O) groups is 1. The molecule has 7 nitrogen and oxygen atoms in total. The van der Waals surface area contributed by atoms with E-state index in [9.17, 15) is 4.79 Å². The first-order chi connectivity index (χ1) is 11.1. The predicted molar refractivity (Wildman–Crippen MR) is 87.6 cm³/mol. The Hall–Kier alpha value is -1.86. The standard InChI is InChI=1S/C16H24N4O3/c1-12(2)18-15(21)19-14-4-3-13(11-17-14)20-7-5-16(6-8-20)22-9-10-23-16/h3-4,11-12H,5-10H2,1-2H3,(H2,17,18,19,21). The zero-order chi connectivity index (χ0) is 16.3. The molecule has 0 unspecified atom stereocenters. The Kier molecular flexibility index (Phi) is 4.68. The highest BCUT2D eigenvalue weighted by atomic mass is 16.7. The number of anilines is 2. The summed E-state index contributed by atoms with van der Waals surface area (Å²) in [5, 5.41) is 5.49. The van der Waals surface area contributed by atoms with Crippen LogP contribution in [0.3, 0.4) is 0 Å². The molecule has 2 amide bonds. The molecule has 3 heterocycles. The number of nitrogens with one attached hydrogen (secondary N) is 2. The van der Waals surface area contributed by atoms with E-state index in [1.165, 1.54) is 0 Å². The van der Waals surface area contributed by atoms with Crippen molar-refractivity contribution in [3.05, 3.63) is 18.3 Å². The van der Waals surface area contributed by atoms with E-state index < -0.39 is 0 Å². The summed E-state index contributed by atoms with van der Waals surface area (Å²) in [6, 6.07) is 3.65. The first-order valence-electron chi connectivity index (χ1n) is 8.13. The lowest BCUT2D eigenvalue weighted by Crippen LogP contribution is -2.45. The summed E-state index contributed by atoms with van der Waals surface area (Å²) < 4.78 is 11.5. The number of urea groups is 1. The second-order valence-corrected chi connectivity index (χ2v) is 6.25. The molecule has 0 saturated carbocycles. The molecular weight excluding hydrogens is 296 g/mol. The molecule has 0 aliphatic carbocycles. The maximum Gasteiger partial charge on any atom is 0.320 e. The van der Waals surface area contributed by atoms with Crippen molar-refractivity contribution in [1.29, 1.82) is 0 Å². The molecule has 2 aliphatic rings. The van der Waals surface area contributed by atoms with Gasteiger partial charge in [-0.15, -0.1) is 0 Å². The van der Waals surface area contributed by atoms with Crippen LogP contribution in [0.25, 0.3) is 0 Å². The van der Waals surface area contributed by atoms with Crippen LogP contribution in [-0.2, 0) is 9.47 Å². The fraction of sp³-hybridized carbons (Fsp3) is 0.625. The SMILES string of the molecule is CC(C)NC(=O)Nc1ccc(N2CCC3(CC2)OCCO3)cn1. The number of carbonyl (C=O) groups excluding carboxylic acids is 1. The predicted octanol–water partition coefficient (Wildman–Crippen LogP) is 1.95. The minimum atomic E-state index is -0.361. The Morgan fingerprint density at radius 2 is 1.96 bits per heavy atom. The van der Waals surface area contributed by atoms with E-state index in [1.807, 2.05) is 26.0 Å². The molecule has 0 aromatic carbocycles. The highest BCUT2D eigenvalue weighted by molar-refractivity contribution is 5.88. The monoisotopic (exact) mass is 320 g/mol. The van der Waals surface area contributed by atoms with Crippen molar-refractivity contribution in [3.8, 4) is 0 Å². The second kappa shape index (κ2) is 6.72. The zero-order valence-electron chi connectivity index (χ0n) is 13.7. The fourth-order valence-electron chi connectivity index (χ4n) is 2.95. The van der Waals surface area contributed by atoms with Crippen LogP contribution in [0.1, 0.15) is 26.7 Å². The largest absolute Gasteiger partial charge is 0.370 e. The maximum absolute atomic E-state index is 11.7. The van der Waals surface area contributed by atoms with Crippen LogP contribution < -0.4 is 15.5 Å². The molecular formula is C16H24N4O3. The van der Waals surface area contributed by atoms with Crippen LogP contribution in [0.5, 0.6) is 0 Å². The molecule has 2 saturated heterocycles. The van der Waals surface area contributed by atoms with Gasteiger partial charge in [-0.2, -0.15) is 0 Å². The topological polar surface area (TPSA) is 75.7 Å². The smallest absolute Gasteiger partial charge is 0.320 e. The summed E-state index contributed by atoms with van der Waals surface area (Å²) in [7, 11) is 0. The molecule has 0 bridgehead atoms. The van der Waals surface area contributed by atoms with Crippen LogP contribution in [0, 0.1) is 0 Å². The van der Waals surface area contributed by atoms with Crippen LogP contribution >= 0.6 is 0 Å². The first kappa shape index (κ1) is 16.0. The number of hydrogen-bond acceptors (Lipinski definition) is 5. The van der Waals surface area contributed by atoms with Crippen LogP contribution in [-0.4, -0.2) is 49.1 Å². The van der Waals surface area contributed by atoms with Crippen LogP contribution in [0.2, 0.25) is 0 Å². The molecule has 23 heavy (non-hydrogen) atoms. The lowest BCUT2D eigenvalue weighted by molar-refractivity contribution is -0.169. The number of aromatic nitrogens is 1. The average Bonchev–Trinajstić information content (AvgIpc) is 2.96. The number of nitrogens with zero attached hydrogens (tertiary/aromatic N) is 2. The third-order valence-corrected chi connectivity index (χ3v) is 4.11. The van der Waals surface area contributed by atoms with Crippen LogP contribution in [0.4, 0.5) is 16.3 Å². The summed E-state index contributed by atoms with van der Waals surface area (Å²) in [5.41, 5.74) is 1.05. The Morgan fingerprint density at radius 1 is 1.26 bits per heavy atom. The molecule has 2 fully saturated rings. The van der Waals surface area contributed by atoms with Crippen molar-refractivity contribution < 1.29 is 14.3 Å². The Morgan fingerprint density at radius 3 is 2.52 bits per heavy atom. The summed E-state index contributed by atoms with van der Waals surface area (Å²) in [6.07, 6.45) is 3.52. The number of hydrogen-bond donors (Lipinski definition) is 2. The molecule has 2 aliphatic heterocycles. The third-order valence-electron chi connectivity index (χ3n) is 4.11. The minimum absolute atomic E-state index is 0.0926. The highest BCUT2D eigenvalue weighted by Crippen LogP contribution is 2.33. The second-order valence-electron chi connectivity index (χ2n) is 6.25. The molecule has 7 heteroatoms. The van der Waals surface area contributed by atoms with E-state index in [1.54, 1.807) is 6.20 Å². The number of amides is 2. The van der Waals surface area contributed by atoms with Gasteiger partial charge in [-0.1, -0.05) is 0 Å². The first-order valence-corrected chi connectivity index (χ1v) is 8.13. The number of pyridine rings is 1. The lowest BCUT2D eigenvalue weighted by Gasteiger charge is -2.38. The summed E-state index contributed by atoms with van der Waals surface area (Å²) >= 11 is 0. The number of rotatable bonds is 3. The van der Waals surface area contributed by atoms with Gasteiger partial charge in [0.25, 0.3) is 0 Å². The zero-order valence-corrected chi connectivity index (χ0v) is 13.7. The molecule has 126 valence electrons.